The van der Waals surface area contributed by atoms with E-state index in [1.54, 1.807) is 36.4 Å². The van der Waals surface area contributed by atoms with Crippen LogP contribution in [-0.4, -0.2) is 16.8 Å². The van der Waals surface area contributed by atoms with Gasteiger partial charge in [-0.3, -0.25) is 9.59 Å². The molecule has 0 fully saturated rings. The summed E-state index contributed by atoms with van der Waals surface area (Å²) in [6.07, 6.45) is 5.00. The third-order valence-corrected chi connectivity index (χ3v) is 3.72. The van der Waals surface area contributed by atoms with Crippen LogP contribution in [0.1, 0.15) is 43.0 Å². The molecule has 2 N–H and O–H groups in total. The molecule has 0 saturated heterocycles. The molecular weight excluding hydrogens is 326 g/mol. The predicted octanol–water partition coefficient (Wildman–Crippen LogP) is 4.51. The Kier molecular flexibility index (Phi) is 6.75. The molecule has 126 valence electrons. The van der Waals surface area contributed by atoms with Crippen LogP contribution in [0.3, 0.4) is 0 Å². The molecule has 1 aromatic heterocycles. The van der Waals surface area contributed by atoms with Crippen LogP contribution in [0.5, 0.6) is 0 Å². The van der Waals surface area contributed by atoms with E-state index in [2.05, 4.69) is 22.5 Å². The summed E-state index contributed by atoms with van der Waals surface area (Å²) in [5.41, 5.74) is 1.52. The number of hydrogen-bond acceptors (Lipinski definition) is 3. The fourth-order valence-corrected chi connectivity index (χ4v) is 2.39. The zero-order chi connectivity index (χ0) is 17.4. The van der Waals surface area contributed by atoms with E-state index in [9.17, 15) is 9.59 Å². The van der Waals surface area contributed by atoms with Crippen molar-refractivity contribution in [2.75, 3.05) is 10.6 Å². The summed E-state index contributed by atoms with van der Waals surface area (Å²) < 4.78 is 0. The molecule has 2 rings (SSSR count). The average Bonchev–Trinajstić information content (AvgIpc) is 2.55. The molecule has 1 aromatic carbocycles. The first-order valence-electron chi connectivity index (χ1n) is 7.92. The number of aromatic nitrogens is 1. The monoisotopic (exact) mass is 345 g/mol. The van der Waals surface area contributed by atoms with Gasteiger partial charge in [0.15, 0.2) is 0 Å². The van der Waals surface area contributed by atoms with Crippen LogP contribution in [0.2, 0.25) is 5.15 Å². The second-order valence-electron chi connectivity index (χ2n) is 5.38. The number of unbranched alkanes of at least 4 members (excludes halogenated alkanes) is 2. The Morgan fingerprint density at radius 3 is 2.54 bits per heavy atom. The average molecular weight is 346 g/mol. The number of carbonyl (C=O) groups is 2. The molecule has 5 nitrogen and oxygen atoms in total. The number of anilines is 2. The Balaban J connectivity index is 1.99. The van der Waals surface area contributed by atoms with Crippen molar-refractivity contribution >= 4 is 34.8 Å². The van der Waals surface area contributed by atoms with Gasteiger partial charge in [-0.2, -0.15) is 0 Å². The molecule has 0 atom stereocenters. The number of benzene rings is 1. The van der Waals surface area contributed by atoms with E-state index in [1.165, 1.54) is 6.20 Å². The lowest BCUT2D eigenvalue weighted by atomic mass is 10.2. The van der Waals surface area contributed by atoms with Gasteiger partial charge in [0.25, 0.3) is 5.91 Å². The summed E-state index contributed by atoms with van der Waals surface area (Å²) >= 11 is 5.92. The van der Waals surface area contributed by atoms with Gasteiger partial charge in [-0.1, -0.05) is 37.4 Å². The van der Waals surface area contributed by atoms with Crippen molar-refractivity contribution in [2.45, 2.75) is 32.6 Å². The molecule has 0 spiro atoms. The number of carbonyl (C=O) groups excluding carboxylic acids is 2. The highest BCUT2D eigenvalue weighted by Crippen LogP contribution is 2.18. The third-order valence-electron chi connectivity index (χ3n) is 3.42. The fourth-order valence-electron chi connectivity index (χ4n) is 2.19. The van der Waals surface area contributed by atoms with E-state index in [4.69, 9.17) is 11.6 Å². The fraction of sp³-hybridized carbons (Fsp3) is 0.278. The van der Waals surface area contributed by atoms with Crippen LogP contribution in [0.25, 0.3) is 0 Å². The van der Waals surface area contributed by atoms with Crippen molar-refractivity contribution in [3.63, 3.8) is 0 Å². The Hall–Kier alpha value is -2.40. The minimum Gasteiger partial charge on any atom is -0.326 e. The molecule has 1 heterocycles. The maximum absolute atomic E-state index is 12.2. The van der Waals surface area contributed by atoms with E-state index in [1.807, 2.05) is 0 Å². The molecule has 24 heavy (non-hydrogen) atoms. The molecule has 0 aliphatic carbocycles. The first-order chi connectivity index (χ1) is 11.6. The van der Waals surface area contributed by atoms with Gasteiger partial charge in [0.1, 0.15) is 5.15 Å². The molecule has 0 bridgehead atoms. The highest BCUT2D eigenvalue weighted by molar-refractivity contribution is 6.33. The number of hydrogen-bond donors (Lipinski definition) is 2. The zero-order valence-electron chi connectivity index (χ0n) is 13.5. The largest absolute Gasteiger partial charge is 0.326 e. The van der Waals surface area contributed by atoms with Crippen molar-refractivity contribution in [2.24, 2.45) is 0 Å². The van der Waals surface area contributed by atoms with Crippen LogP contribution in [0, 0.1) is 0 Å². The second-order valence-corrected chi connectivity index (χ2v) is 5.74. The lowest BCUT2D eigenvalue weighted by Crippen LogP contribution is -2.14. The number of rotatable bonds is 7. The number of nitrogens with zero attached hydrogens (tertiary/aromatic N) is 1. The predicted molar refractivity (Wildman–Crippen MR) is 96.4 cm³/mol. The Labute approximate surface area is 146 Å². The molecular formula is C18H20ClN3O2. The maximum atomic E-state index is 12.2. The minimum absolute atomic E-state index is 0.0257. The molecule has 0 aliphatic rings. The van der Waals surface area contributed by atoms with Gasteiger partial charge in [0.05, 0.1) is 5.56 Å². The summed E-state index contributed by atoms with van der Waals surface area (Å²) in [6.45, 7) is 2.10. The molecule has 0 radical (unpaired) electrons. The lowest BCUT2D eigenvalue weighted by Gasteiger charge is -2.09. The Bertz CT molecular complexity index is 719. The molecule has 0 unspecified atom stereocenters. The standard InChI is InChI=1S/C18H20ClN3O2/c1-2-3-4-10-16(23)21-13-7-5-8-14(12-13)22-18(24)15-9-6-11-20-17(15)19/h5-9,11-12H,2-4,10H2,1H3,(H,21,23)(H,22,24). The summed E-state index contributed by atoms with van der Waals surface area (Å²) in [5, 5.41) is 5.74. The van der Waals surface area contributed by atoms with E-state index in [0.717, 1.165) is 19.3 Å². The van der Waals surface area contributed by atoms with Crippen LogP contribution >= 0.6 is 11.6 Å². The van der Waals surface area contributed by atoms with Gasteiger partial charge in [-0.25, -0.2) is 4.98 Å². The Morgan fingerprint density at radius 2 is 1.83 bits per heavy atom. The number of pyridine rings is 1. The first-order valence-corrected chi connectivity index (χ1v) is 8.29. The number of nitrogens with one attached hydrogen (secondary N) is 2. The highest BCUT2D eigenvalue weighted by atomic mass is 35.5. The molecule has 0 saturated carbocycles. The lowest BCUT2D eigenvalue weighted by molar-refractivity contribution is -0.116. The normalized spacial score (nSPS) is 10.2. The SMILES string of the molecule is CCCCCC(=O)Nc1cccc(NC(=O)c2cccnc2Cl)c1. The summed E-state index contributed by atoms with van der Waals surface area (Å²) in [7, 11) is 0. The van der Waals surface area contributed by atoms with E-state index in [-0.39, 0.29) is 17.0 Å². The summed E-state index contributed by atoms with van der Waals surface area (Å²) in [5.74, 6) is -0.373. The molecule has 6 heteroatoms. The Morgan fingerprint density at radius 1 is 1.08 bits per heavy atom. The smallest absolute Gasteiger partial charge is 0.258 e. The van der Waals surface area contributed by atoms with E-state index < -0.39 is 0 Å². The van der Waals surface area contributed by atoms with Gasteiger partial charge in [0, 0.05) is 24.0 Å². The number of halogens is 1. The first kappa shape index (κ1) is 17.9. The van der Waals surface area contributed by atoms with Crippen LogP contribution in [0.4, 0.5) is 11.4 Å². The second kappa shape index (κ2) is 9.03. The van der Waals surface area contributed by atoms with E-state index >= 15 is 0 Å². The van der Waals surface area contributed by atoms with Crippen LogP contribution in [-0.2, 0) is 4.79 Å². The highest BCUT2D eigenvalue weighted by Gasteiger charge is 2.11. The van der Waals surface area contributed by atoms with E-state index in [0.29, 0.717) is 23.4 Å². The van der Waals surface area contributed by atoms with Gasteiger partial charge < -0.3 is 10.6 Å². The summed E-state index contributed by atoms with van der Waals surface area (Å²) in [6, 6.07) is 10.2. The van der Waals surface area contributed by atoms with Crippen molar-refractivity contribution < 1.29 is 9.59 Å². The van der Waals surface area contributed by atoms with Gasteiger partial charge >= 0.3 is 0 Å². The topological polar surface area (TPSA) is 71.1 Å². The van der Waals surface area contributed by atoms with Gasteiger partial charge in [-0.15, -0.1) is 0 Å². The third kappa shape index (κ3) is 5.35. The molecule has 2 amide bonds. The van der Waals surface area contributed by atoms with Crippen molar-refractivity contribution in [1.82, 2.24) is 4.98 Å². The van der Waals surface area contributed by atoms with Crippen molar-refractivity contribution in [1.29, 1.82) is 0 Å². The summed E-state index contributed by atoms with van der Waals surface area (Å²) in [4.78, 5) is 28.0. The maximum Gasteiger partial charge on any atom is 0.258 e. The quantitative estimate of drug-likeness (QED) is 0.573. The van der Waals surface area contributed by atoms with Crippen LogP contribution < -0.4 is 10.6 Å². The van der Waals surface area contributed by atoms with Gasteiger partial charge in [0.2, 0.25) is 5.91 Å². The minimum atomic E-state index is -0.348. The zero-order valence-corrected chi connectivity index (χ0v) is 14.3. The van der Waals surface area contributed by atoms with Crippen molar-refractivity contribution in [3.05, 3.63) is 53.3 Å². The van der Waals surface area contributed by atoms with Gasteiger partial charge in [-0.05, 0) is 36.8 Å². The molecule has 2 aromatic rings. The molecule has 0 aliphatic heterocycles. The van der Waals surface area contributed by atoms with Crippen LogP contribution in [0.15, 0.2) is 42.6 Å². The van der Waals surface area contributed by atoms with Crippen molar-refractivity contribution in [3.8, 4) is 0 Å². The number of amides is 2.